The van der Waals surface area contributed by atoms with E-state index in [0.29, 0.717) is 6.54 Å². The van der Waals surface area contributed by atoms with E-state index in [1.807, 2.05) is 0 Å². The fraction of sp³-hybridized carbons (Fsp3) is 0.889. The maximum atomic E-state index is 11.2. The fourth-order valence-corrected chi connectivity index (χ4v) is 1.30. The van der Waals surface area contributed by atoms with E-state index in [0.717, 1.165) is 19.6 Å². The number of amides is 2. The van der Waals surface area contributed by atoms with Gasteiger partial charge in [0.2, 0.25) is 0 Å². The Hall–Kier alpha value is -0.770. The van der Waals surface area contributed by atoms with E-state index in [1.165, 1.54) is 0 Å². The van der Waals surface area contributed by atoms with Crippen molar-refractivity contribution in [3.05, 3.63) is 0 Å². The first-order valence-electron chi connectivity index (χ1n) is 4.56. The monoisotopic (exact) mass is 186 g/mol. The highest BCUT2D eigenvalue weighted by molar-refractivity contribution is 5.73. The Balaban J connectivity index is 2.29. The highest BCUT2D eigenvalue weighted by atomic mass is 16.5. The smallest absolute Gasteiger partial charge is 0.316 e. The molecule has 0 aliphatic carbocycles. The zero-order chi connectivity index (χ0) is 9.90. The highest BCUT2D eigenvalue weighted by Crippen LogP contribution is 2.26. The molecule has 1 atom stereocenters. The van der Waals surface area contributed by atoms with Crippen molar-refractivity contribution in [2.24, 2.45) is 5.41 Å². The Bertz CT molecular complexity index is 186. The summed E-state index contributed by atoms with van der Waals surface area (Å²) in [4.78, 5) is 12.8. The second-order valence-corrected chi connectivity index (χ2v) is 4.17. The van der Waals surface area contributed by atoms with Crippen LogP contribution in [0.25, 0.3) is 0 Å². The van der Waals surface area contributed by atoms with E-state index in [9.17, 15) is 4.79 Å². The van der Waals surface area contributed by atoms with Gasteiger partial charge in [-0.15, -0.1) is 0 Å². The van der Waals surface area contributed by atoms with Crippen molar-refractivity contribution in [2.75, 3.05) is 33.9 Å². The van der Waals surface area contributed by atoms with Crippen LogP contribution in [0.4, 0.5) is 4.79 Å². The van der Waals surface area contributed by atoms with E-state index < -0.39 is 0 Å². The van der Waals surface area contributed by atoms with Crippen LogP contribution in [0.15, 0.2) is 0 Å². The molecule has 4 heteroatoms. The number of urea groups is 1. The Morgan fingerprint density at radius 3 is 2.77 bits per heavy atom. The predicted octanol–water partition coefficient (Wildman–Crippen LogP) is 0.684. The zero-order valence-corrected chi connectivity index (χ0v) is 8.59. The van der Waals surface area contributed by atoms with Gasteiger partial charge >= 0.3 is 6.03 Å². The van der Waals surface area contributed by atoms with Crippen molar-refractivity contribution in [1.29, 1.82) is 0 Å². The zero-order valence-electron chi connectivity index (χ0n) is 8.59. The van der Waals surface area contributed by atoms with Crippen LogP contribution in [0.2, 0.25) is 0 Å². The molecule has 1 aliphatic rings. The molecule has 1 heterocycles. The second-order valence-electron chi connectivity index (χ2n) is 4.17. The van der Waals surface area contributed by atoms with E-state index in [1.54, 1.807) is 19.0 Å². The molecule has 0 spiro atoms. The van der Waals surface area contributed by atoms with E-state index in [2.05, 4.69) is 12.2 Å². The summed E-state index contributed by atoms with van der Waals surface area (Å²) < 4.78 is 5.29. The summed E-state index contributed by atoms with van der Waals surface area (Å²) in [5, 5.41) is 2.87. The quantitative estimate of drug-likeness (QED) is 0.689. The molecule has 0 bridgehead atoms. The van der Waals surface area contributed by atoms with Crippen LogP contribution >= 0.6 is 0 Å². The molecular formula is C9H18N2O2. The van der Waals surface area contributed by atoms with Gasteiger partial charge in [-0.1, -0.05) is 6.92 Å². The maximum absolute atomic E-state index is 11.2. The Morgan fingerprint density at radius 2 is 2.31 bits per heavy atom. The lowest BCUT2D eigenvalue weighted by Gasteiger charge is -2.23. The molecule has 4 nitrogen and oxygen atoms in total. The molecule has 0 radical (unpaired) electrons. The Morgan fingerprint density at radius 1 is 1.62 bits per heavy atom. The average molecular weight is 186 g/mol. The van der Waals surface area contributed by atoms with Gasteiger partial charge in [0.1, 0.15) is 0 Å². The summed E-state index contributed by atoms with van der Waals surface area (Å²) in [6, 6.07) is -0.0341. The Kier molecular flexibility index (Phi) is 3.14. The Labute approximate surface area is 79.2 Å². The van der Waals surface area contributed by atoms with Gasteiger partial charge in [0, 0.05) is 32.7 Å². The number of ether oxygens (including phenoxy) is 1. The van der Waals surface area contributed by atoms with Crippen LogP contribution in [0.3, 0.4) is 0 Å². The minimum absolute atomic E-state index is 0.0341. The normalized spacial score (nSPS) is 27.3. The molecule has 1 aliphatic heterocycles. The number of hydrogen-bond acceptors (Lipinski definition) is 2. The largest absolute Gasteiger partial charge is 0.381 e. The van der Waals surface area contributed by atoms with E-state index in [-0.39, 0.29) is 11.4 Å². The van der Waals surface area contributed by atoms with Crippen molar-refractivity contribution >= 4 is 6.03 Å². The lowest BCUT2D eigenvalue weighted by molar-refractivity contribution is 0.156. The summed E-state index contributed by atoms with van der Waals surface area (Å²) in [7, 11) is 3.48. The van der Waals surface area contributed by atoms with Crippen LogP contribution in [0, 0.1) is 5.41 Å². The third kappa shape index (κ3) is 2.88. The number of rotatable bonds is 2. The van der Waals surface area contributed by atoms with E-state index >= 15 is 0 Å². The molecule has 76 valence electrons. The molecule has 1 saturated heterocycles. The van der Waals surface area contributed by atoms with Crippen LogP contribution in [-0.2, 0) is 4.74 Å². The second kappa shape index (κ2) is 3.96. The first-order valence-corrected chi connectivity index (χ1v) is 4.56. The molecule has 0 aromatic heterocycles. The minimum Gasteiger partial charge on any atom is -0.381 e. The molecule has 0 aromatic carbocycles. The lowest BCUT2D eigenvalue weighted by Crippen LogP contribution is -2.41. The highest BCUT2D eigenvalue weighted by Gasteiger charge is 2.30. The van der Waals surface area contributed by atoms with Gasteiger partial charge in [0.15, 0.2) is 0 Å². The average Bonchev–Trinajstić information content (AvgIpc) is 2.48. The van der Waals surface area contributed by atoms with Crippen molar-refractivity contribution in [2.45, 2.75) is 13.3 Å². The van der Waals surface area contributed by atoms with Gasteiger partial charge in [0.05, 0.1) is 6.61 Å². The van der Waals surface area contributed by atoms with Gasteiger partial charge in [0.25, 0.3) is 0 Å². The molecule has 1 rings (SSSR count). The number of nitrogens with one attached hydrogen (secondary N) is 1. The molecular weight excluding hydrogens is 168 g/mol. The predicted molar refractivity (Wildman–Crippen MR) is 50.6 cm³/mol. The molecule has 1 N–H and O–H groups in total. The van der Waals surface area contributed by atoms with Crippen LogP contribution in [0.5, 0.6) is 0 Å². The van der Waals surface area contributed by atoms with Crippen molar-refractivity contribution in [3.63, 3.8) is 0 Å². The summed E-state index contributed by atoms with van der Waals surface area (Å²) in [6.07, 6.45) is 1.03. The van der Waals surface area contributed by atoms with Crippen LogP contribution in [-0.4, -0.2) is 44.8 Å². The third-order valence-corrected chi connectivity index (χ3v) is 2.37. The third-order valence-electron chi connectivity index (χ3n) is 2.37. The van der Waals surface area contributed by atoms with Gasteiger partial charge in [-0.2, -0.15) is 0 Å². The fourth-order valence-electron chi connectivity index (χ4n) is 1.30. The molecule has 1 unspecified atom stereocenters. The molecule has 13 heavy (non-hydrogen) atoms. The molecule has 0 saturated carbocycles. The van der Waals surface area contributed by atoms with Gasteiger partial charge in [-0.25, -0.2) is 4.79 Å². The molecule has 2 amide bonds. The first-order chi connectivity index (χ1) is 6.03. The molecule has 1 fully saturated rings. The number of hydrogen-bond donors (Lipinski definition) is 1. The summed E-state index contributed by atoms with van der Waals surface area (Å²) in [5.41, 5.74) is 0.131. The van der Waals surface area contributed by atoms with Gasteiger partial charge in [-0.05, 0) is 6.42 Å². The van der Waals surface area contributed by atoms with Gasteiger partial charge in [-0.3, -0.25) is 0 Å². The standard InChI is InChI=1S/C9H18N2O2/c1-9(4-5-13-7-9)6-10-8(12)11(2)3/h4-7H2,1-3H3,(H,10,12). The maximum Gasteiger partial charge on any atom is 0.316 e. The summed E-state index contributed by atoms with van der Waals surface area (Å²) >= 11 is 0. The SMILES string of the molecule is CN(C)C(=O)NCC1(C)CCOC1. The lowest BCUT2D eigenvalue weighted by atomic mass is 9.90. The number of nitrogens with zero attached hydrogens (tertiary/aromatic N) is 1. The van der Waals surface area contributed by atoms with Crippen molar-refractivity contribution in [1.82, 2.24) is 10.2 Å². The summed E-state index contributed by atoms with van der Waals surface area (Å²) in [5.74, 6) is 0. The number of carbonyl (C=O) groups excluding carboxylic acids is 1. The van der Waals surface area contributed by atoms with Crippen molar-refractivity contribution in [3.8, 4) is 0 Å². The first kappa shape index (κ1) is 10.3. The topological polar surface area (TPSA) is 41.6 Å². The summed E-state index contributed by atoms with van der Waals surface area (Å²) in [6.45, 7) is 4.40. The van der Waals surface area contributed by atoms with Crippen LogP contribution in [0.1, 0.15) is 13.3 Å². The van der Waals surface area contributed by atoms with Crippen LogP contribution < -0.4 is 5.32 Å². The number of carbonyl (C=O) groups is 1. The van der Waals surface area contributed by atoms with Crippen molar-refractivity contribution < 1.29 is 9.53 Å². The molecule has 0 aromatic rings. The van der Waals surface area contributed by atoms with E-state index in [4.69, 9.17) is 4.74 Å². The minimum atomic E-state index is -0.0341. The van der Waals surface area contributed by atoms with Gasteiger partial charge < -0.3 is 15.0 Å².